The molecule has 0 bridgehead atoms. The summed E-state index contributed by atoms with van der Waals surface area (Å²) in [5.41, 5.74) is 7.77. The Morgan fingerprint density at radius 3 is 2.75 bits per heavy atom. The Morgan fingerprint density at radius 2 is 2.38 bits per heavy atom. The molecule has 8 heavy (non-hydrogen) atoms. The third kappa shape index (κ3) is 6.03. The normalized spacial score (nSPS) is 13.8. The monoisotopic (exact) mass is 137 g/mol. The van der Waals surface area contributed by atoms with Crippen molar-refractivity contribution in [3.8, 4) is 0 Å². The molecule has 0 amide bonds. The summed E-state index contributed by atoms with van der Waals surface area (Å²) in [6.07, 6.45) is 1.55. The molecule has 0 aliphatic carbocycles. The quantitative estimate of drug-likeness (QED) is 0.321. The molecule has 0 radical (unpaired) electrons. The summed E-state index contributed by atoms with van der Waals surface area (Å²) in [5, 5.41) is 0. The van der Waals surface area contributed by atoms with Gasteiger partial charge in [-0.2, -0.15) is 4.83 Å². The fourth-order valence-electron chi connectivity index (χ4n) is 0.225. The summed E-state index contributed by atoms with van der Waals surface area (Å²) < 4.78 is 10.2. The van der Waals surface area contributed by atoms with Crippen molar-refractivity contribution < 1.29 is 4.21 Å². The lowest BCUT2D eigenvalue weighted by molar-refractivity contribution is 0.635. The van der Waals surface area contributed by atoms with Gasteiger partial charge in [-0.05, 0) is 0 Å². The van der Waals surface area contributed by atoms with Crippen LogP contribution in [0.5, 0.6) is 0 Å². The second-order valence-electron chi connectivity index (χ2n) is 1.27. The lowest BCUT2D eigenvalue weighted by Crippen LogP contribution is -2.36. The van der Waals surface area contributed by atoms with Crippen molar-refractivity contribution in [1.82, 2.24) is 10.3 Å². The summed E-state index contributed by atoms with van der Waals surface area (Å²) in [6, 6.07) is 0. The Morgan fingerprint density at radius 1 is 1.75 bits per heavy atom. The van der Waals surface area contributed by atoms with Crippen molar-refractivity contribution >= 4 is 11.0 Å². The first kappa shape index (κ1) is 8.03. The second kappa shape index (κ2) is 5.17. The van der Waals surface area contributed by atoms with Gasteiger partial charge in [-0.1, -0.05) is 0 Å². The molecule has 0 aliphatic heterocycles. The maximum absolute atomic E-state index is 10.2. The average molecular weight is 137 g/mol. The molecule has 1 unspecified atom stereocenters. The van der Waals surface area contributed by atoms with Gasteiger partial charge in [0.15, 0.2) is 0 Å². The summed E-state index contributed by atoms with van der Waals surface area (Å²) in [6.45, 7) is 1.18. The van der Waals surface area contributed by atoms with Crippen LogP contribution in [0, 0.1) is 0 Å². The van der Waals surface area contributed by atoms with Gasteiger partial charge in [-0.25, -0.2) is 9.63 Å². The Hall–Kier alpha value is 0.0300. The topological polar surface area (TPSA) is 67.2 Å². The van der Waals surface area contributed by atoms with Gasteiger partial charge in [0.1, 0.15) is 11.0 Å². The number of rotatable bonds is 4. The molecule has 4 N–H and O–H groups in total. The predicted molar refractivity (Wildman–Crippen MR) is 34.3 cm³/mol. The summed E-state index contributed by atoms with van der Waals surface area (Å²) in [5.74, 6) is 0. The van der Waals surface area contributed by atoms with Crippen molar-refractivity contribution in [3.63, 3.8) is 0 Å². The van der Waals surface area contributed by atoms with Gasteiger partial charge in [0.05, 0.1) is 0 Å². The zero-order valence-electron chi connectivity index (χ0n) is 4.81. The van der Waals surface area contributed by atoms with E-state index in [0.29, 0.717) is 13.1 Å². The van der Waals surface area contributed by atoms with E-state index in [2.05, 4.69) is 10.3 Å². The van der Waals surface area contributed by atoms with Crippen LogP contribution in [0.25, 0.3) is 0 Å². The first-order valence-electron chi connectivity index (χ1n) is 2.29. The highest BCUT2D eigenvalue weighted by Crippen LogP contribution is 1.54. The van der Waals surface area contributed by atoms with E-state index in [-0.39, 0.29) is 0 Å². The first-order chi connectivity index (χ1) is 3.77. The van der Waals surface area contributed by atoms with Gasteiger partial charge < -0.3 is 5.73 Å². The molecule has 5 heteroatoms. The molecule has 0 aromatic heterocycles. The number of hydrazine groups is 1. The minimum Gasteiger partial charge on any atom is -0.329 e. The van der Waals surface area contributed by atoms with Crippen LogP contribution in [-0.2, 0) is 11.0 Å². The predicted octanol–water partition coefficient (Wildman–Crippen LogP) is -1.67. The van der Waals surface area contributed by atoms with Crippen LogP contribution in [0.1, 0.15) is 0 Å². The van der Waals surface area contributed by atoms with Gasteiger partial charge in [-0.15, -0.1) is 0 Å². The van der Waals surface area contributed by atoms with E-state index in [1.807, 2.05) is 0 Å². The van der Waals surface area contributed by atoms with Crippen molar-refractivity contribution in [2.45, 2.75) is 0 Å². The molecule has 0 rings (SSSR count). The minimum absolute atomic E-state index is 0.546. The zero-order valence-corrected chi connectivity index (χ0v) is 5.62. The van der Waals surface area contributed by atoms with Crippen LogP contribution in [0.3, 0.4) is 0 Å². The molecule has 1 atom stereocenters. The summed E-state index contributed by atoms with van der Waals surface area (Å²) in [7, 11) is -0.984. The molecule has 0 saturated heterocycles. The Bertz CT molecular complexity index is 76.9. The molecule has 0 aliphatic rings. The van der Waals surface area contributed by atoms with E-state index < -0.39 is 11.0 Å². The largest absolute Gasteiger partial charge is 0.329 e. The standard InChI is InChI=1S/C3H11N3OS/c1-8(7)6-5-3-2-4/h5-6H,2-4H2,1H3. The molecule has 0 heterocycles. The van der Waals surface area contributed by atoms with Gasteiger partial charge in [-0.3, -0.25) is 0 Å². The number of nitrogens with one attached hydrogen (secondary N) is 2. The van der Waals surface area contributed by atoms with Crippen molar-refractivity contribution in [3.05, 3.63) is 0 Å². The summed E-state index contributed by atoms with van der Waals surface area (Å²) in [4.78, 5) is 2.49. The highest BCUT2D eigenvalue weighted by Gasteiger charge is 1.82. The van der Waals surface area contributed by atoms with Crippen LogP contribution in [0.15, 0.2) is 0 Å². The maximum atomic E-state index is 10.2. The van der Waals surface area contributed by atoms with Gasteiger partial charge in [0.25, 0.3) is 0 Å². The lowest BCUT2D eigenvalue weighted by atomic mass is 10.7. The lowest BCUT2D eigenvalue weighted by Gasteiger charge is -1.98. The van der Waals surface area contributed by atoms with Crippen LogP contribution in [-0.4, -0.2) is 23.6 Å². The van der Waals surface area contributed by atoms with Gasteiger partial charge >= 0.3 is 0 Å². The van der Waals surface area contributed by atoms with Gasteiger partial charge in [0, 0.05) is 19.3 Å². The fraction of sp³-hybridized carbons (Fsp3) is 1.00. The number of hydrogen-bond acceptors (Lipinski definition) is 3. The molecule has 0 aromatic carbocycles. The summed E-state index contributed by atoms with van der Waals surface area (Å²) >= 11 is 0. The molecular weight excluding hydrogens is 126 g/mol. The maximum Gasteiger partial charge on any atom is 0.102 e. The number of hydrogen-bond donors (Lipinski definition) is 3. The molecule has 50 valence electrons. The molecular formula is C3H11N3OS. The molecule has 0 aromatic rings. The van der Waals surface area contributed by atoms with Crippen molar-refractivity contribution in [2.75, 3.05) is 19.3 Å². The highest BCUT2D eigenvalue weighted by atomic mass is 32.2. The molecule has 0 saturated carbocycles. The van der Waals surface area contributed by atoms with Crippen LogP contribution >= 0.6 is 0 Å². The first-order valence-corrected chi connectivity index (χ1v) is 3.85. The fourth-order valence-corrected chi connectivity index (χ4v) is 0.530. The third-order valence-corrected chi connectivity index (χ3v) is 0.917. The minimum atomic E-state index is -0.984. The number of nitrogens with two attached hydrogens (primary N) is 1. The molecule has 4 nitrogen and oxygen atoms in total. The second-order valence-corrected chi connectivity index (χ2v) is 2.38. The van der Waals surface area contributed by atoms with Crippen molar-refractivity contribution in [2.24, 2.45) is 5.73 Å². The Balaban J connectivity index is 2.82. The van der Waals surface area contributed by atoms with Crippen LogP contribution < -0.4 is 16.0 Å². The van der Waals surface area contributed by atoms with Crippen LogP contribution in [0.2, 0.25) is 0 Å². The van der Waals surface area contributed by atoms with E-state index in [0.717, 1.165) is 0 Å². The SMILES string of the molecule is CS(=O)NNCCN. The van der Waals surface area contributed by atoms with Crippen LogP contribution in [0.4, 0.5) is 0 Å². The van der Waals surface area contributed by atoms with E-state index in [1.54, 1.807) is 6.26 Å². The van der Waals surface area contributed by atoms with E-state index in [4.69, 9.17) is 5.73 Å². The smallest absolute Gasteiger partial charge is 0.102 e. The zero-order chi connectivity index (χ0) is 6.41. The Labute approximate surface area is 51.4 Å². The molecule has 0 fully saturated rings. The average Bonchev–Trinajstić information content (AvgIpc) is 1.66. The van der Waals surface area contributed by atoms with E-state index in [1.165, 1.54) is 0 Å². The molecule has 0 spiro atoms. The van der Waals surface area contributed by atoms with Crippen molar-refractivity contribution in [1.29, 1.82) is 0 Å². The Kier molecular flexibility index (Phi) is 5.19. The third-order valence-electron chi connectivity index (χ3n) is 0.485. The van der Waals surface area contributed by atoms with E-state index >= 15 is 0 Å². The highest BCUT2D eigenvalue weighted by molar-refractivity contribution is 7.82. The van der Waals surface area contributed by atoms with Gasteiger partial charge in [0.2, 0.25) is 0 Å². The van der Waals surface area contributed by atoms with E-state index in [9.17, 15) is 4.21 Å².